The van der Waals surface area contributed by atoms with Gasteiger partial charge < -0.3 is 14.2 Å². The Morgan fingerprint density at radius 3 is 0.967 bits per heavy atom. The summed E-state index contributed by atoms with van der Waals surface area (Å²) in [6.45, 7) is 6.60. The number of carbonyl (C=O) groups excluding carboxylic acids is 3. The van der Waals surface area contributed by atoms with Gasteiger partial charge in [-0.05, 0) is 77.0 Å². The lowest BCUT2D eigenvalue weighted by Gasteiger charge is -2.18. The quantitative estimate of drug-likeness (QED) is 0.0262. The Kier molecular flexibility index (Phi) is 48.3. The molecule has 0 unspecified atom stereocenters. The van der Waals surface area contributed by atoms with Crippen LogP contribution in [0.15, 0.2) is 36.5 Å². The Hall–Kier alpha value is -2.37. The summed E-state index contributed by atoms with van der Waals surface area (Å²) < 4.78 is 16.8. The summed E-state index contributed by atoms with van der Waals surface area (Å²) in [6.07, 6.45) is 58.4. The maximum absolute atomic E-state index is 12.8. The molecule has 0 saturated heterocycles. The van der Waals surface area contributed by atoms with E-state index in [9.17, 15) is 14.4 Å². The number of hydrogen-bond acceptors (Lipinski definition) is 6. The molecule has 0 bridgehead atoms. The Labute approximate surface area is 378 Å². The Bertz CT molecular complexity index is 1030. The monoisotopic (exact) mass is 857 g/mol. The van der Waals surface area contributed by atoms with Gasteiger partial charge in [-0.1, -0.05) is 218 Å². The van der Waals surface area contributed by atoms with Crippen molar-refractivity contribution in [1.29, 1.82) is 0 Å². The third-order valence-electron chi connectivity index (χ3n) is 11.6. The van der Waals surface area contributed by atoms with E-state index in [1.807, 2.05) is 0 Å². The molecule has 0 aromatic carbocycles. The standard InChI is InChI=1S/C55H100O6/c1-4-7-10-13-16-19-22-24-25-26-27-28-29-31-34-37-40-43-46-49-55(58)61-52(50-59-53(56)47-44-41-38-35-32-21-18-15-12-9-6-3)51-60-54(57)48-45-42-39-36-33-30-23-20-17-14-11-8-5-2/h16,19-20,23-25,52H,4-15,17-18,21-22,26-51H2,1-3H3/b19-16-,23-20-,25-24-/t52-/m0/s1. The molecule has 6 heteroatoms. The van der Waals surface area contributed by atoms with Crippen LogP contribution in [0.5, 0.6) is 0 Å². The van der Waals surface area contributed by atoms with Gasteiger partial charge in [-0.15, -0.1) is 0 Å². The lowest BCUT2D eigenvalue weighted by molar-refractivity contribution is -0.167. The van der Waals surface area contributed by atoms with Gasteiger partial charge in [0.25, 0.3) is 0 Å². The second-order valence-corrected chi connectivity index (χ2v) is 17.8. The molecule has 0 heterocycles. The number of allylic oxidation sites excluding steroid dienone is 6. The van der Waals surface area contributed by atoms with Crippen LogP contribution in [0.25, 0.3) is 0 Å². The number of rotatable bonds is 48. The normalized spacial score (nSPS) is 12.2. The first-order valence-corrected chi connectivity index (χ1v) is 26.5. The van der Waals surface area contributed by atoms with Crippen LogP contribution in [0, 0.1) is 0 Å². The molecule has 0 amide bonds. The van der Waals surface area contributed by atoms with Crippen molar-refractivity contribution in [2.24, 2.45) is 0 Å². The number of hydrogen-bond donors (Lipinski definition) is 0. The molecule has 0 saturated carbocycles. The van der Waals surface area contributed by atoms with E-state index in [1.165, 1.54) is 167 Å². The summed E-state index contributed by atoms with van der Waals surface area (Å²) in [5, 5.41) is 0. The average molecular weight is 857 g/mol. The minimum atomic E-state index is -0.773. The molecule has 1 atom stereocenters. The molecule has 6 nitrogen and oxygen atoms in total. The second kappa shape index (κ2) is 50.3. The van der Waals surface area contributed by atoms with Crippen LogP contribution in [0.4, 0.5) is 0 Å². The highest BCUT2D eigenvalue weighted by Crippen LogP contribution is 2.15. The zero-order valence-electron chi connectivity index (χ0n) is 40.7. The average Bonchev–Trinajstić information content (AvgIpc) is 3.26. The van der Waals surface area contributed by atoms with E-state index in [4.69, 9.17) is 14.2 Å². The van der Waals surface area contributed by atoms with E-state index in [-0.39, 0.29) is 31.1 Å². The summed E-state index contributed by atoms with van der Waals surface area (Å²) in [5.74, 6) is -0.877. The largest absolute Gasteiger partial charge is 0.462 e. The van der Waals surface area contributed by atoms with Crippen molar-refractivity contribution >= 4 is 17.9 Å². The van der Waals surface area contributed by atoms with Crippen molar-refractivity contribution in [3.63, 3.8) is 0 Å². The predicted octanol–water partition coefficient (Wildman–Crippen LogP) is 17.3. The molecular weight excluding hydrogens is 757 g/mol. The maximum Gasteiger partial charge on any atom is 0.306 e. The van der Waals surface area contributed by atoms with E-state index in [2.05, 4.69) is 57.2 Å². The fourth-order valence-corrected chi connectivity index (χ4v) is 7.59. The Morgan fingerprint density at radius 1 is 0.328 bits per heavy atom. The zero-order chi connectivity index (χ0) is 44.4. The van der Waals surface area contributed by atoms with Gasteiger partial charge >= 0.3 is 17.9 Å². The first kappa shape index (κ1) is 58.6. The molecule has 0 N–H and O–H groups in total. The first-order chi connectivity index (χ1) is 30.0. The summed E-state index contributed by atoms with van der Waals surface area (Å²) in [6, 6.07) is 0. The van der Waals surface area contributed by atoms with Crippen molar-refractivity contribution in [3.8, 4) is 0 Å². The molecule has 0 aromatic rings. The number of carbonyl (C=O) groups is 3. The van der Waals surface area contributed by atoms with Gasteiger partial charge in [-0.3, -0.25) is 14.4 Å². The van der Waals surface area contributed by atoms with Crippen LogP contribution in [0.2, 0.25) is 0 Å². The van der Waals surface area contributed by atoms with Gasteiger partial charge in [0.1, 0.15) is 13.2 Å². The third-order valence-corrected chi connectivity index (χ3v) is 11.6. The van der Waals surface area contributed by atoms with Crippen LogP contribution >= 0.6 is 0 Å². The van der Waals surface area contributed by atoms with Gasteiger partial charge in [0.2, 0.25) is 0 Å². The van der Waals surface area contributed by atoms with Crippen molar-refractivity contribution in [3.05, 3.63) is 36.5 Å². The van der Waals surface area contributed by atoms with E-state index in [0.717, 1.165) is 70.6 Å². The highest BCUT2D eigenvalue weighted by molar-refractivity contribution is 5.71. The molecule has 61 heavy (non-hydrogen) atoms. The zero-order valence-corrected chi connectivity index (χ0v) is 40.7. The molecular formula is C55H100O6. The first-order valence-electron chi connectivity index (χ1n) is 26.5. The second-order valence-electron chi connectivity index (χ2n) is 17.8. The molecule has 0 aliphatic rings. The SMILES string of the molecule is CCCCC/C=C\C/C=C\CCCCCCCCCCCC(=O)O[C@H](COC(=O)CCCCCCC/C=C\CCCCCC)COC(=O)CCCCCCCCCCCCC. The molecule has 0 rings (SSSR count). The van der Waals surface area contributed by atoms with Gasteiger partial charge in [0, 0.05) is 19.3 Å². The van der Waals surface area contributed by atoms with Gasteiger partial charge in [0.05, 0.1) is 0 Å². The molecule has 356 valence electrons. The van der Waals surface area contributed by atoms with Crippen LogP contribution in [-0.4, -0.2) is 37.2 Å². The van der Waals surface area contributed by atoms with Crippen LogP contribution in [-0.2, 0) is 28.6 Å². The molecule has 0 aromatic heterocycles. The van der Waals surface area contributed by atoms with Crippen LogP contribution < -0.4 is 0 Å². The molecule has 0 fully saturated rings. The van der Waals surface area contributed by atoms with Crippen LogP contribution in [0.1, 0.15) is 278 Å². The minimum absolute atomic E-state index is 0.0735. The minimum Gasteiger partial charge on any atom is -0.462 e. The van der Waals surface area contributed by atoms with E-state index in [0.29, 0.717) is 19.3 Å². The lowest BCUT2D eigenvalue weighted by Crippen LogP contribution is -2.30. The molecule has 0 spiro atoms. The lowest BCUT2D eigenvalue weighted by atomic mass is 10.1. The molecule has 0 aliphatic carbocycles. The fourth-order valence-electron chi connectivity index (χ4n) is 7.59. The van der Waals surface area contributed by atoms with Crippen molar-refractivity contribution < 1.29 is 28.6 Å². The summed E-state index contributed by atoms with van der Waals surface area (Å²) in [4.78, 5) is 37.9. The van der Waals surface area contributed by atoms with Gasteiger partial charge in [-0.2, -0.15) is 0 Å². The third kappa shape index (κ3) is 48.5. The summed E-state index contributed by atoms with van der Waals surface area (Å²) in [7, 11) is 0. The summed E-state index contributed by atoms with van der Waals surface area (Å²) in [5.41, 5.74) is 0. The molecule has 0 aliphatic heterocycles. The highest BCUT2D eigenvalue weighted by atomic mass is 16.6. The van der Waals surface area contributed by atoms with Gasteiger partial charge in [0.15, 0.2) is 6.10 Å². The number of ether oxygens (including phenoxy) is 3. The van der Waals surface area contributed by atoms with Crippen molar-refractivity contribution in [2.75, 3.05) is 13.2 Å². The highest BCUT2D eigenvalue weighted by Gasteiger charge is 2.19. The number of esters is 3. The Balaban J connectivity index is 4.33. The fraction of sp³-hybridized carbons (Fsp3) is 0.836. The topological polar surface area (TPSA) is 78.9 Å². The van der Waals surface area contributed by atoms with E-state index < -0.39 is 6.10 Å². The smallest absolute Gasteiger partial charge is 0.306 e. The van der Waals surface area contributed by atoms with Crippen LogP contribution in [0.3, 0.4) is 0 Å². The maximum atomic E-state index is 12.8. The van der Waals surface area contributed by atoms with E-state index in [1.54, 1.807) is 0 Å². The number of unbranched alkanes of at least 4 members (excludes halogenated alkanes) is 31. The predicted molar refractivity (Wildman–Crippen MR) is 261 cm³/mol. The van der Waals surface area contributed by atoms with Crippen molar-refractivity contribution in [1.82, 2.24) is 0 Å². The van der Waals surface area contributed by atoms with Crippen molar-refractivity contribution in [2.45, 2.75) is 284 Å². The van der Waals surface area contributed by atoms with E-state index >= 15 is 0 Å². The summed E-state index contributed by atoms with van der Waals surface area (Å²) >= 11 is 0. The molecule has 0 radical (unpaired) electrons. The Morgan fingerprint density at radius 2 is 0.590 bits per heavy atom. The van der Waals surface area contributed by atoms with Gasteiger partial charge in [-0.25, -0.2) is 0 Å².